The molecule has 1 atom stereocenters. The zero-order valence-corrected chi connectivity index (χ0v) is 12.0. The van der Waals surface area contributed by atoms with Crippen LogP contribution < -0.4 is 16.2 Å². The number of nitrogens with one attached hydrogen (secondary N) is 1. The number of nitrogen functional groups attached to an aromatic ring is 1. The molecule has 112 valence electrons. The Bertz CT molecular complexity index is 717. The predicted octanol–water partition coefficient (Wildman–Crippen LogP) is 1.06. The average Bonchev–Trinajstić information content (AvgIpc) is 2.45. The maximum atomic E-state index is 11.4. The third-order valence-corrected chi connectivity index (χ3v) is 4.01. The third kappa shape index (κ3) is 3.72. The number of benzene rings is 2. The van der Waals surface area contributed by atoms with Gasteiger partial charge in [-0.2, -0.15) is 0 Å². The third-order valence-electron chi connectivity index (χ3n) is 3.04. The number of nitrogens with two attached hydrogens (primary N) is 2. The van der Waals surface area contributed by atoms with Crippen molar-refractivity contribution in [3.8, 4) is 0 Å². The molecule has 2 rings (SSSR count). The van der Waals surface area contributed by atoms with Gasteiger partial charge in [0.15, 0.2) is 0 Å². The summed E-state index contributed by atoms with van der Waals surface area (Å²) in [5.74, 6) is 0. The van der Waals surface area contributed by atoms with Crippen molar-refractivity contribution in [2.24, 2.45) is 5.14 Å². The Balaban J connectivity index is 2.14. The van der Waals surface area contributed by atoms with Gasteiger partial charge in [0.25, 0.3) is 0 Å². The van der Waals surface area contributed by atoms with Crippen molar-refractivity contribution in [3.05, 3.63) is 54.1 Å². The lowest BCUT2D eigenvalue weighted by molar-refractivity contribution is 0.191. The normalized spacial score (nSPS) is 12.9. The van der Waals surface area contributed by atoms with Gasteiger partial charge in [-0.05, 0) is 17.7 Å². The molecule has 0 aliphatic carbocycles. The first-order valence-electron chi connectivity index (χ1n) is 6.28. The smallest absolute Gasteiger partial charge is 0.240 e. The van der Waals surface area contributed by atoms with E-state index in [1.54, 1.807) is 18.2 Å². The number of sulfonamides is 1. The molecule has 0 amide bonds. The molecule has 6 nitrogen and oxygen atoms in total. The second-order valence-electron chi connectivity index (χ2n) is 4.57. The Morgan fingerprint density at radius 3 is 2.38 bits per heavy atom. The van der Waals surface area contributed by atoms with E-state index in [2.05, 4.69) is 5.32 Å². The lowest BCUT2D eigenvalue weighted by Crippen LogP contribution is -2.17. The molecule has 1 unspecified atom stereocenters. The van der Waals surface area contributed by atoms with Gasteiger partial charge in [-0.25, -0.2) is 13.6 Å². The molecule has 0 bridgehead atoms. The van der Waals surface area contributed by atoms with Crippen LogP contribution in [-0.2, 0) is 10.0 Å². The van der Waals surface area contributed by atoms with Gasteiger partial charge in [-0.3, -0.25) is 0 Å². The quantitative estimate of drug-likeness (QED) is 0.616. The molecule has 0 fully saturated rings. The molecule has 0 heterocycles. The van der Waals surface area contributed by atoms with Gasteiger partial charge in [0.1, 0.15) is 4.90 Å². The summed E-state index contributed by atoms with van der Waals surface area (Å²) in [6.45, 7) is 0.197. The fraction of sp³-hybridized carbons (Fsp3) is 0.143. The van der Waals surface area contributed by atoms with Crippen LogP contribution in [0.4, 0.5) is 11.4 Å². The van der Waals surface area contributed by atoms with Crippen molar-refractivity contribution in [1.82, 2.24) is 0 Å². The average molecular weight is 307 g/mol. The van der Waals surface area contributed by atoms with E-state index in [1.807, 2.05) is 18.2 Å². The second-order valence-corrected chi connectivity index (χ2v) is 6.10. The van der Waals surface area contributed by atoms with Crippen LogP contribution in [0.3, 0.4) is 0 Å². The van der Waals surface area contributed by atoms with E-state index >= 15 is 0 Å². The van der Waals surface area contributed by atoms with Crippen LogP contribution in [0.2, 0.25) is 0 Å². The highest BCUT2D eigenvalue weighted by atomic mass is 32.2. The van der Waals surface area contributed by atoms with E-state index in [0.717, 1.165) is 5.56 Å². The standard InChI is InChI=1S/C14H17N3O3S/c15-14-11(7-4-8-13(14)21(16,19)20)17-9-12(18)10-5-2-1-3-6-10/h1-8,12,17-18H,9,15H2,(H2,16,19,20). The minimum absolute atomic E-state index is 0.0419. The summed E-state index contributed by atoms with van der Waals surface area (Å²) in [5.41, 5.74) is 7.00. The predicted molar refractivity (Wildman–Crippen MR) is 82.1 cm³/mol. The molecule has 0 aliphatic rings. The Morgan fingerprint density at radius 2 is 1.76 bits per heavy atom. The highest BCUT2D eigenvalue weighted by molar-refractivity contribution is 7.89. The number of hydrogen-bond acceptors (Lipinski definition) is 5. The molecule has 0 spiro atoms. The molecule has 7 heteroatoms. The Hall–Kier alpha value is -2.09. The number of para-hydroxylation sites is 1. The summed E-state index contributed by atoms with van der Waals surface area (Å²) in [5, 5.41) is 18.1. The van der Waals surface area contributed by atoms with Crippen molar-refractivity contribution < 1.29 is 13.5 Å². The highest BCUT2D eigenvalue weighted by Crippen LogP contribution is 2.26. The first-order chi connectivity index (χ1) is 9.89. The Labute approximate surface area is 123 Å². The number of rotatable bonds is 5. The summed E-state index contributed by atoms with van der Waals surface area (Å²) in [7, 11) is -3.87. The first kappa shape index (κ1) is 15.3. The van der Waals surface area contributed by atoms with E-state index in [9.17, 15) is 13.5 Å². The number of aliphatic hydroxyl groups excluding tert-OH is 1. The molecule has 0 aromatic heterocycles. The van der Waals surface area contributed by atoms with E-state index in [-0.39, 0.29) is 17.1 Å². The molecule has 0 saturated carbocycles. The van der Waals surface area contributed by atoms with Gasteiger partial charge in [0.2, 0.25) is 10.0 Å². The zero-order chi connectivity index (χ0) is 15.5. The number of anilines is 2. The number of primary sulfonamides is 1. The van der Waals surface area contributed by atoms with Crippen LogP contribution in [0.1, 0.15) is 11.7 Å². The van der Waals surface area contributed by atoms with Crippen LogP contribution in [0.15, 0.2) is 53.4 Å². The maximum absolute atomic E-state index is 11.4. The largest absolute Gasteiger partial charge is 0.396 e. The van der Waals surface area contributed by atoms with Crippen LogP contribution in [0, 0.1) is 0 Å². The highest BCUT2D eigenvalue weighted by Gasteiger charge is 2.15. The van der Waals surface area contributed by atoms with Crippen LogP contribution >= 0.6 is 0 Å². The van der Waals surface area contributed by atoms with Gasteiger partial charge in [-0.15, -0.1) is 0 Å². The molecule has 0 aliphatic heterocycles. The van der Waals surface area contributed by atoms with Crippen LogP contribution in [0.5, 0.6) is 0 Å². The van der Waals surface area contributed by atoms with Crippen molar-refractivity contribution in [2.75, 3.05) is 17.6 Å². The first-order valence-corrected chi connectivity index (χ1v) is 7.82. The van der Waals surface area contributed by atoms with Gasteiger partial charge < -0.3 is 16.2 Å². The molecule has 2 aromatic rings. The lowest BCUT2D eigenvalue weighted by Gasteiger charge is -2.15. The van der Waals surface area contributed by atoms with Crippen molar-refractivity contribution >= 4 is 21.4 Å². The Kier molecular flexibility index (Phi) is 4.46. The summed E-state index contributed by atoms with van der Waals surface area (Å²) in [4.78, 5) is -0.137. The van der Waals surface area contributed by atoms with Crippen LogP contribution in [-0.4, -0.2) is 20.1 Å². The van der Waals surface area contributed by atoms with Gasteiger partial charge >= 0.3 is 0 Å². The van der Waals surface area contributed by atoms with Crippen LogP contribution in [0.25, 0.3) is 0 Å². The fourth-order valence-electron chi connectivity index (χ4n) is 1.95. The number of hydrogen-bond donors (Lipinski definition) is 4. The maximum Gasteiger partial charge on any atom is 0.240 e. The van der Waals surface area contributed by atoms with Gasteiger partial charge in [-0.1, -0.05) is 36.4 Å². The molecular formula is C14H17N3O3S. The van der Waals surface area contributed by atoms with Crippen molar-refractivity contribution in [2.45, 2.75) is 11.0 Å². The lowest BCUT2D eigenvalue weighted by atomic mass is 10.1. The van der Waals surface area contributed by atoms with Crippen molar-refractivity contribution in [3.63, 3.8) is 0 Å². The van der Waals surface area contributed by atoms with E-state index in [1.165, 1.54) is 12.1 Å². The monoisotopic (exact) mass is 307 g/mol. The second kappa shape index (κ2) is 6.13. The van der Waals surface area contributed by atoms with E-state index in [4.69, 9.17) is 10.9 Å². The summed E-state index contributed by atoms with van der Waals surface area (Å²) < 4.78 is 22.8. The molecule has 21 heavy (non-hydrogen) atoms. The minimum atomic E-state index is -3.87. The summed E-state index contributed by atoms with van der Waals surface area (Å²) in [6, 6.07) is 13.6. The molecule has 6 N–H and O–H groups in total. The summed E-state index contributed by atoms with van der Waals surface area (Å²) >= 11 is 0. The molecule has 0 saturated heterocycles. The van der Waals surface area contributed by atoms with E-state index in [0.29, 0.717) is 5.69 Å². The fourth-order valence-corrected chi connectivity index (χ4v) is 2.63. The molecular weight excluding hydrogens is 290 g/mol. The van der Waals surface area contributed by atoms with E-state index < -0.39 is 16.1 Å². The number of aliphatic hydroxyl groups is 1. The zero-order valence-electron chi connectivity index (χ0n) is 11.2. The topological polar surface area (TPSA) is 118 Å². The molecule has 2 aromatic carbocycles. The SMILES string of the molecule is Nc1c(NCC(O)c2ccccc2)cccc1S(N)(=O)=O. The van der Waals surface area contributed by atoms with Gasteiger partial charge in [0.05, 0.1) is 17.5 Å². The minimum Gasteiger partial charge on any atom is -0.396 e. The van der Waals surface area contributed by atoms with Crippen molar-refractivity contribution in [1.29, 1.82) is 0 Å². The summed E-state index contributed by atoms with van der Waals surface area (Å²) in [6.07, 6.45) is -0.733. The Morgan fingerprint density at radius 1 is 1.10 bits per heavy atom. The molecule has 0 radical (unpaired) electrons. The van der Waals surface area contributed by atoms with Gasteiger partial charge in [0, 0.05) is 6.54 Å².